The Hall–Kier alpha value is -1.86. The van der Waals surface area contributed by atoms with Crippen LogP contribution in [0.3, 0.4) is 0 Å². The van der Waals surface area contributed by atoms with E-state index in [2.05, 4.69) is 0 Å². The molecule has 4 atom stereocenters. The molecular weight excluding hydrogens is 335 g/mol. The van der Waals surface area contributed by atoms with E-state index in [-0.39, 0.29) is 32.2 Å². The molecule has 0 spiro atoms. The average molecular weight is 358 g/mol. The zero-order valence-corrected chi connectivity index (χ0v) is 13.9. The lowest BCUT2D eigenvalue weighted by Crippen LogP contribution is -2.27. The van der Waals surface area contributed by atoms with Crippen molar-refractivity contribution in [1.82, 2.24) is 0 Å². The van der Waals surface area contributed by atoms with Crippen molar-refractivity contribution in [2.75, 3.05) is 13.2 Å². The number of esters is 1. The van der Waals surface area contributed by atoms with E-state index in [1.165, 1.54) is 0 Å². The van der Waals surface area contributed by atoms with E-state index in [9.17, 15) is 18.8 Å². The fraction of sp³-hybridized carbons (Fsp3) is 0.824. The highest BCUT2D eigenvalue weighted by Gasteiger charge is 2.77. The van der Waals surface area contributed by atoms with Crippen molar-refractivity contribution in [3.63, 3.8) is 0 Å². The van der Waals surface area contributed by atoms with Crippen LogP contribution >= 0.6 is 0 Å². The van der Waals surface area contributed by atoms with Crippen LogP contribution in [0.4, 0.5) is 9.18 Å². The van der Waals surface area contributed by atoms with Gasteiger partial charge in [0.05, 0.1) is 11.3 Å². The minimum Gasteiger partial charge on any atom is -0.481 e. The number of carboxylic acid groups (broad SMARTS) is 1. The Labute approximate surface area is 144 Å². The summed E-state index contributed by atoms with van der Waals surface area (Å²) in [6.07, 6.45) is 2.74. The number of alkyl halides is 1. The van der Waals surface area contributed by atoms with Gasteiger partial charge in [0.2, 0.25) is 0 Å². The van der Waals surface area contributed by atoms with Crippen molar-refractivity contribution in [2.24, 2.45) is 17.3 Å². The molecule has 3 aliphatic carbocycles. The maximum atomic E-state index is 13.5. The first-order chi connectivity index (χ1) is 11.9. The van der Waals surface area contributed by atoms with Crippen LogP contribution in [0, 0.1) is 17.3 Å². The number of carbonyl (C=O) groups is 3. The van der Waals surface area contributed by atoms with Crippen molar-refractivity contribution in [2.45, 2.75) is 57.2 Å². The summed E-state index contributed by atoms with van der Waals surface area (Å²) < 4.78 is 28.5. The third kappa shape index (κ3) is 3.57. The Balaban J connectivity index is 1.38. The average Bonchev–Trinajstić information content (AvgIpc) is 3.06. The maximum absolute atomic E-state index is 13.5. The van der Waals surface area contributed by atoms with Gasteiger partial charge >= 0.3 is 18.1 Å². The van der Waals surface area contributed by atoms with Crippen molar-refractivity contribution in [1.29, 1.82) is 0 Å². The zero-order chi connectivity index (χ0) is 18.0. The lowest BCUT2D eigenvalue weighted by Gasteiger charge is -2.21. The van der Waals surface area contributed by atoms with E-state index < -0.39 is 41.5 Å². The van der Waals surface area contributed by atoms with E-state index in [0.717, 1.165) is 32.1 Å². The van der Waals surface area contributed by atoms with Crippen LogP contribution < -0.4 is 0 Å². The van der Waals surface area contributed by atoms with Gasteiger partial charge in [-0.25, -0.2) is 9.18 Å². The predicted molar refractivity (Wildman–Crippen MR) is 81.4 cm³/mol. The van der Waals surface area contributed by atoms with Gasteiger partial charge < -0.3 is 19.3 Å². The minimum atomic E-state index is -1.24. The highest BCUT2D eigenvalue weighted by Crippen LogP contribution is 2.69. The predicted octanol–water partition coefficient (Wildman–Crippen LogP) is 2.46. The lowest BCUT2D eigenvalue weighted by molar-refractivity contribution is -0.155. The monoisotopic (exact) mass is 358 g/mol. The molecule has 0 aromatic carbocycles. The fourth-order valence-electron chi connectivity index (χ4n) is 4.37. The van der Waals surface area contributed by atoms with Gasteiger partial charge in [-0.05, 0) is 44.4 Å². The van der Waals surface area contributed by atoms with Gasteiger partial charge in [0, 0.05) is 0 Å². The third-order valence-electron chi connectivity index (χ3n) is 5.58. The van der Waals surface area contributed by atoms with Gasteiger partial charge in [0.15, 0.2) is 0 Å². The standard InChI is InChI=1S/C17H23FO7/c18-10-8-12-13(14(19)20)17(12,9-10)15(21)23-6-7-24-16(22)25-11-4-2-1-3-5-11/h10-13H,1-9H2,(H,19,20). The van der Waals surface area contributed by atoms with Crippen LogP contribution in [-0.2, 0) is 23.8 Å². The van der Waals surface area contributed by atoms with Crippen LogP contribution in [0.2, 0.25) is 0 Å². The molecule has 3 saturated carbocycles. The summed E-state index contributed by atoms with van der Waals surface area (Å²) in [6.45, 7) is -0.370. The molecule has 0 radical (unpaired) electrons. The minimum absolute atomic E-state index is 0.0796. The first-order valence-corrected chi connectivity index (χ1v) is 8.82. The Kier molecular flexibility index (Phi) is 5.15. The Bertz CT molecular complexity index is 545. The first-order valence-electron chi connectivity index (χ1n) is 8.82. The second kappa shape index (κ2) is 7.17. The summed E-state index contributed by atoms with van der Waals surface area (Å²) in [5.41, 5.74) is -1.24. The van der Waals surface area contributed by atoms with Gasteiger partial charge in [0.25, 0.3) is 0 Å². The van der Waals surface area contributed by atoms with Gasteiger partial charge in [-0.1, -0.05) is 6.42 Å². The normalized spacial score (nSPS) is 34.0. The van der Waals surface area contributed by atoms with E-state index in [4.69, 9.17) is 19.3 Å². The van der Waals surface area contributed by atoms with Crippen molar-refractivity contribution >= 4 is 18.1 Å². The van der Waals surface area contributed by atoms with Crippen LogP contribution in [0.25, 0.3) is 0 Å². The van der Waals surface area contributed by atoms with E-state index in [1.807, 2.05) is 0 Å². The molecule has 1 N–H and O–H groups in total. The number of carbonyl (C=O) groups excluding carboxylic acids is 2. The highest BCUT2D eigenvalue weighted by molar-refractivity contribution is 5.92. The molecule has 0 amide bonds. The Morgan fingerprint density at radius 1 is 1.08 bits per heavy atom. The van der Waals surface area contributed by atoms with Crippen LogP contribution in [0.15, 0.2) is 0 Å². The molecule has 0 saturated heterocycles. The molecular formula is C17H23FO7. The van der Waals surface area contributed by atoms with E-state index in [1.54, 1.807) is 0 Å². The van der Waals surface area contributed by atoms with E-state index >= 15 is 0 Å². The number of rotatable bonds is 6. The molecule has 0 bridgehead atoms. The number of carboxylic acids is 1. The fourth-order valence-corrected chi connectivity index (χ4v) is 4.37. The van der Waals surface area contributed by atoms with Gasteiger partial charge in [-0.2, -0.15) is 0 Å². The summed E-state index contributed by atoms with van der Waals surface area (Å²) in [7, 11) is 0. The quantitative estimate of drug-likeness (QED) is 0.575. The summed E-state index contributed by atoms with van der Waals surface area (Å²) in [5.74, 6) is -3.18. The van der Waals surface area contributed by atoms with Crippen molar-refractivity contribution in [3.8, 4) is 0 Å². The number of halogens is 1. The molecule has 0 heterocycles. The molecule has 3 fully saturated rings. The zero-order valence-electron chi connectivity index (χ0n) is 13.9. The second-order valence-electron chi connectivity index (χ2n) is 7.11. The molecule has 140 valence electrons. The molecule has 0 aromatic heterocycles. The topological polar surface area (TPSA) is 99.1 Å². The Morgan fingerprint density at radius 2 is 1.76 bits per heavy atom. The molecule has 8 heteroatoms. The van der Waals surface area contributed by atoms with Crippen LogP contribution in [0.5, 0.6) is 0 Å². The van der Waals surface area contributed by atoms with Gasteiger partial charge in [0.1, 0.15) is 25.5 Å². The Morgan fingerprint density at radius 3 is 2.44 bits per heavy atom. The third-order valence-corrected chi connectivity index (χ3v) is 5.58. The number of ether oxygens (including phenoxy) is 3. The van der Waals surface area contributed by atoms with Gasteiger partial charge in [-0.3, -0.25) is 9.59 Å². The number of aliphatic carboxylic acids is 1. The van der Waals surface area contributed by atoms with Crippen molar-refractivity contribution < 1.29 is 38.1 Å². The molecule has 25 heavy (non-hydrogen) atoms. The summed E-state index contributed by atoms with van der Waals surface area (Å²) >= 11 is 0. The number of hydrogen-bond acceptors (Lipinski definition) is 6. The molecule has 7 nitrogen and oxygen atoms in total. The first kappa shape index (κ1) is 17.9. The molecule has 0 aliphatic heterocycles. The largest absolute Gasteiger partial charge is 0.508 e. The van der Waals surface area contributed by atoms with Gasteiger partial charge in [-0.15, -0.1) is 0 Å². The molecule has 0 aromatic rings. The summed E-state index contributed by atoms with van der Waals surface area (Å²) in [6, 6.07) is 0. The lowest BCUT2D eigenvalue weighted by atomic mass is 9.98. The smallest absolute Gasteiger partial charge is 0.481 e. The second-order valence-corrected chi connectivity index (χ2v) is 7.11. The van der Waals surface area contributed by atoms with Crippen LogP contribution in [-0.4, -0.2) is 48.7 Å². The molecule has 3 aliphatic rings. The molecule has 3 rings (SSSR count). The van der Waals surface area contributed by atoms with Crippen LogP contribution in [0.1, 0.15) is 44.9 Å². The molecule has 4 unspecified atom stereocenters. The highest BCUT2D eigenvalue weighted by atomic mass is 19.1. The SMILES string of the molecule is O=C(OCCOC(=O)C12CC(F)CC1C2C(=O)O)OC1CCCCC1. The summed E-state index contributed by atoms with van der Waals surface area (Å²) in [4.78, 5) is 34.9. The maximum Gasteiger partial charge on any atom is 0.508 e. The van der Waals surface area contributed by atoms with Crippen molar-refractivity contribution in [3.05, 3.63) is 0 Å². The number of hydrogen-bond donors (Lipinski definition) is 1. The van der Waals surface area contributed by atoms with E-state index in [0.29, 0.717) is 0 Å². The summed E-state index contributed by atoms with van der Waals surface area (Å²) in [5, 5.41) is 9.14. The number of fused-ring (bicyclic) bond motifs is 1.